The number of carbonyl (C=O) groups excluding carboxylic acids is 1. The van der Waals surface area contributed by atoms with E-state index in [2.05, 4.69) is 10.0 Å². The third-order valence-electron chi connectivity index (χ3n) is 4.20. The van der Waals surface area contributed by atoms with Crippen molar-refractivity contribution in [1.82, 2.24) is 5.32 Å². The van der Waals surface area contributed by atoms with Crippen LogP contribution in [0.25, 0.3) is 0 Å². The Hall–Kier alpha value is -2.06. The topological polar surface area (TPSA) is 75.3 Å². The molecule has 152 valence electrons. The molecule has 0 aliphatic heterocycles. The Bertz CT molecular complexity index is 1120. The largest absolute Gasteiger partial charge is 0.345 e. The number of anilines is 1. The van der Waals surface area contributed by atoms with Gasteiger partial charge in [-0.15, -0.1) is 11.3 Å². The molecule has 0 fully saturated rings. The second-order valence-electron chi connectivity index (χ2n) is 6.20. The minimum Gasteiger partial charge on any atom is -0.345 e. The number of hydrogen-bond acceptors (Lipinski definition) is 4. The van der Waals surface area contributed by atoms with Crippen LogP contribution in [0.1, 0.15) is 35.3 Å². The second kappa shape index (κ2) is 9.17. The summed E-state index contributed by atoms with van der Waals surface area (Å²) in [6.45, 7) is 1.96. The molecule has 0 saturated heterocycles. The molecule has 29 heavy (non-hydrogen) atoms. The van der Waals surface area contributed by atoms with E-state index in [-0.39, 0.29) is 21.5 Å². The van der Waals surface area contributed by atoms with Crippen LogP contribution in [0.15, 0.2) is 64.9 Å². The second-order valence-corrected chi connectivity index (χ2v) is 10.3. The van der Waals surface area contributed by atoms with E-state index in [0.29, 0.717) is 15.8 Å². The maximum Gasteiger partial charge on any atom is 0.271 e. The molecule has 5 nitrogen and oxygen atoms in total. The summed E-state index contributed by atoms with van der Waals surface area (Å²) in [5, 5.41) is 3.27. The van der Waals surface area contributed by atoms with Crippen LogP contribution in [0.5, 0.6) is 0 Å². The lowest BCUT2D eigenvalue weighted by Gasteiger charge is -2.19. The Morgan fingerprint density at radius 1 is 1.07 bits per heavy atom. The zero-order valence-corrected chi connectivity index (χ0v) is 18.5. The van der Waals surface area contributed by atoms with E-state index in [1.165, 1.54) is 30.3 Å². The molecule has 1 aromatic heterocycles. The van der Waals surface area contributed by atoms with Crippen molar-refractivity contribution in [2.75, 3.05) is 4.72 Å². The molecule has 3 rings (SSSR count). The number of nitrogens with one attached hydrogen (secondary N) is 2. The van der Waals surface area contributed by atoms with E-state index in [1.54, 1.807) is 0 Å². The first-order valence-electron chi connectivity index (χ1n) is 8.73. The molecule has 0 radical (unpaired) electrons. The van der Waals surface area contributed by atoms with Crippen LogP contribution in [-0.4, -0.2) is 14.3 Å². The third-order valence-corrected chi connectivity index (χ3v) is 7.52. The fraction of sp³-hybridized carbons (Fsp3) is 0.150. The normalized spacial score (nSPS) is 12.4. The van der Waals surface area contributed by atoms with Crippen LogP contribution in [-0.2, 0) is 10.0 Å². The van der Waals surface area contributed by atoms with E-state index in [1.807, 2.05) is 37.3 Å². The van der Waals surface area contributed by atoms with Gasteiger partial charge in [-0.2, -0.15) is 0 Å². The van der Waals surface area contributed by atoms with Gasteiger partial charge in [0, 0.05) is 5.02 Å². The fourth-order valence-corrected chi connectivity index (χ4v) is 5.51. The van der Waals surface area contributed by atoms with E-state index in [9.17, 15) is 13.2 Å². The maximum atomic E-state index is 13.0. The highest BCUT2D eigenvalue weighted by Crippen LogP contribution is 2.29. The SMILES string of the molecule is CCC(NC(=O)c1cc(Cl)ccc1NS(=O)(=O)c1ccc(Cl)s1)c1ccccc1. The summed E-state index contributed by atoms with van der Waals surface area (Å²) in [7, 11) is -3.89. The van der Waals surface area contributed by atoms with Gasteiger partial charge in [0.15, 0.2) is 0 Å². The predicted octanol–water partition coefficient (Wildman–Crippen LogP) is 5.74. The Morgan fingerprint density at radius 2 is 1.79 bits per heavy atom. The predicted molar refractivity (Wildman–Crippen MR) is 119 cm³/mol. The average molecular weight is 469 g/mol. The lowest BCUT2D eigenvalue weighted by Crippen LogP contribution is -2.29. The lowest BCUT2D eigenvalue weighted by atomic mass is 10.0. The van der Waals surface area contributed by atoms with Gasteiger partial charge in [-0.25, -0.2) is 8.42 Å². The molecule has 1 amide bonds. The minimum atomic E-state index is -3.89. The van der Waals surface area contributed by atoms with Gasteiger partial charge in [-0.3, -0.25) is 9.52 Å². The van der Waals surface area contributed by atoms with Crippen molar-refractivity contribution in [2.45, 2.75) is 23.6 Å². The summed E-state index contributed by atoms with van der Waals surface area (Å²) in [5.41, 5.74) is 1.23. The highest BCUT2D eigenvalue weighted by atomic mass is 35.5. The first kappa shape index (κ1) is 21.6. The quantitative estimate of drug-likeness (QED) is 0.464. The Kier molecular flexibility index (Phi) is 6.85. The number of hydrogen-bond donors (Lipinski definition) is 2. The monoisotopic (exact) mass is 468 g/mol. The molecule has 9 heteroatoms. The lowest BCUT2D eigenvalue weighted by molar-refractivity contribution is 0.0936. The summed E-state index contributed by atoms with van der Waals surface area (Å²) in [4.78, 5) is 13.0. The number of carbonyl (C=O) groups is 1. The standard InChI is InChI=1S/C20H18Cl2N2O3S2/c1-2-16(13-6-4-3-5-7-13)23-20(25)15-12-14(21)8-9-17(15)24-29(26,27)19-11-10-18(22)28-19/h3-12,16,24H,2H2,1H3,(H,23,25). The van der Waals surface area contributed by atoms with E-state index in [0.717, 1.165) is 16.9 Å². The van der Waals surface area contributed by atoms with Gasteiger partial charge in [-0.05, 0) is 42.3 Å². The molecule has 0 saturated carbocycles. The van der Waals surface area contributed by atoms with Crippen molar-refractivity contribution in [2.24, 2.45) is 0 Å². The van der Waals surface area contributed by atoms with Crippen molar-refractivity contribution < 1.29 is 13.2 Å². The molecule has 0 spiro atoms. The first-order valence-corrected chi connectivity index (χ1v) is 11.8. The number of rotatable bonds is 7. The van der Waals surface area contributed by atoms with E-state index >= 15 is 0 Å². The summed E-state index contributed by atoms with van der Waals surface area (Å²) in [6.07, 6.45) is 0.672. The van der Waals surface area contributed by atoms with Crippen LogP contribution in [0, 0.1) is 0 Å². The third kappa shape index (κ3) is 5.30. The number of thiophene rings is 1. The molecule has 2 N–H and O–H groups in total. The van der Waals surface area contributed by atoms with Crippen molar-refractivity contribution in [3.8, 4) is 0 Å². The Balaban J connectivity index is 1.89. The van der Waals surface area contributed by atoms with Crippen molar-refractivity contribution >= 4 is 56.2 Å². The van der Waals surface area contributed by atoms with Gasteiger partial charge in [0.05, 0.1) is 21.6 Å². The molecule has 1 atom stereocenters. The smallest absolute Gasteiger partial charge is 0.271 e. The van der Waals surface area contributed by atoms with Gasteiger partial charge in [-0.1, -0.05) is 60.5 Å². The van der Waals surface area contributed by atoms with Crippen molar-refractivity contribution in [3.05, 3.63) is 81.1 Å². The Labute approximate surface area is 183 Å². The molecule has 0 bridgehead atoms. The summed E-state index contributed by atoms with van der Waals surface area (Å²) < 4.78 is 28.2. The van der Waals surface area contributed by atoms with Crippen molar-refractivity contribution in [1.29, 1.82) is 0 Å². The molecule has 3 aromatic rings. The minimum absolute atomic E-state index is 0.0551. The number of sulfonamides is 1. The van der Waals surface area contributed by atoms with E-state index < -0.39 is 15.9 Å². The first-order chi connectivity index (χ1) is 13.8. The van der Waals surface area contributed by atoms with Gasteiger partial charge in [0.1, 0.15) is 4.21 Å². The van der Waals surface area contributed by atoms with E-state index in [4.69, 9.17) is 23.2 Å². The van der Waals surface area contributed by atoms with Gasteiger partial charge < -0.3 is 5.32 Å². The molecular formula is C20H18Cl2N2O3S2. The van der Waals surface area contributed by atoms with Crippen molar-refractivity contribution in [3.63, 3.8) is 0 Å². The Morgan fingerprint density at radius 3 is 2.41 bits per heavy atom. The zero-order valence-electron chi connectivity index (χ0n) is 15.4. The molecule has 0 aliphatic carbocycles. The zero-order chi connectivity index (χ0) is 21.0. The molecule has 2 aromatic carbocycles. The fourth-order valence-electron chi connectivity index (χ4n) is 2.77. The maximum absolute atomic E-state index is 13.0. The van der Waals surface area contributed by atoms with Crippen LogP contribution >= 0.6 is 34.5 Å². The number of halogens is 2. The molecule has 1 heterocycles. The van der Waals surface area contributed by atoms with Gasteiger partial charge >= 0.3 is 0 Å². The number of benzene rings is 2. The molecule has 1 unspecified atom stereocenters. The number of amides is 1. The van der Waals surface area contributed by atoms with Gasteiger partial charge in [0.2, 0.25) is 0 Å². The average Bonchev–Trinajstić information content (AvgIpc) is 3.15. The van der Waals surface area contributed by atoms with Crippen LogP contribution < -0.4 is 10.0 Å². The molecule has 0 aliphatic rings. The summed E-state index contributed by atoms with van der Waals surface area (Å²) >= 11 is 12.8. The van der Waals surface area contributed by atoms with Gasteiger partial charge in [0.25, 0.3) is 15.9 Å². The van der Waals surface area contributed by atoms with Crippen LogP contribution in [0.2, 0.25) is 9.36 Å². The molecular weight excluding hydrogens is 451 g/mol. The highest BCUT2D eigenvalue weighted by molar-refractivity contribution is 7.94. The van der Waals surface area contributed by atoms with Crippen LogP contribution in [0.4, 0.5) is 5.69 Å². The highest BCUT2D eigenvalue weighted by Gasteiger charge is 2.22. The van der Waals surface area contributed by atoms with Crippen LogP contribution in [0.3, 0.4) is 0 Å². The summed E-state index contributed by atoms with van der Waals surface area (Å²) in [5.74, 6) is -0.426. The summed E-state index contributed by atoms with van der Waals surface area (Å²) in [6, 6.07) is 16.7.